The van der Waals surface area contributed by atoms with E-state index in [0.717, 1.165) is 18.4 Å². The fourth-order valence-corrected chi connectivity index (χ4v) is 3.46. The van der Waals surface area contributed by atoms with E-state index in [1.807, 2.05) is 20.8 Å². The third kappa shape index (κ3) is 10.8. The maximum Gasteiger partial charge on any atom is 0.243 e. The van der Waals surface area contributed by atoms with E-state index in [1.165, 1.54) is 26.1 Å². The lowest BCUT2D eigenvalue weighted by atomic mass is 10.0. The van der Waals surface area contributed by atoms with Crippen LogP contribution in [0.2, 0.25) is 0 Å². The minimum absolute atomic E-state index is 0.0972. The summed E-state index contributed by atoms with van der Waals surface area (Å²) < 4.78 is 0. The van der Waals surface area contributed by atoms with Crippen LogP contribution in [0.3, 0.4) is 0 Å². The number of phenols is 1. The molecule has 0 saturated carbocycles. The average Bonchev–Trinajstić information content (AvgIpc) is 2.81. The zero-order valence-corrected chi connectivity index (χ0v) is 21.4. The maximum absolute atomic E-state index is 12.9. The molecule has 7 N–H and O–H groups in total. The summed E-state index contributed by atoms with van der Waals surface area (Å²) >= 11 is 0. The number of carbonyl (C=O) groups is 4. The Kier molecular flexibility index (Phi) is 12.8. The van der Waals surface area contributed by atoms with Crippen molar-refractivity contribution in [3.8, 4) is 5.75 Å². The molecule has 0 aromatic heterocycles. The molecule has 0 radical (unpaired) electrons. The lowest BCUT2D eigenvalue weighted by Gasteiger charge is -2.25. The van der Waals surface area contributed by atoms with Gasteiger partial charge in [0, 0.05) is 13.5 Å². The Labute approximate surface area is 207 Å². The van der Waals surface area contributed by atoms with Crippen LogP contribution in [0.25, 0.3) is 0 Å². The number of phenolic OH excluding ortho intramolecular Hbond substituents is 1. The van der Waals surface area contributed by atoms with Crippen molar-refractivity contribution in [2.75, 3.05) is 7.05 Å². The standard InChI is InChI=1S/C25H41N5O5/c1-6-7-8-19(26)23(33)30-20(13-15(2)3)25(35)28-16(4)22(32)29-21(24(34)27-5)14-17-9-11-18(31)12-10-17/h9-12,15-16,19-21,31H,6-8,13-14,26H2,1-5H3,(H,27,34)(H,28,35)(H,29,32)(H,30,33)/t16-,19-,20-,21-/m0/s1. The smallest absolute Gasteiger partial charge is 0.243 e. The van der Waals surface area contributed by atoms with Crippen molar-refractivity contribution < 1.29 is 24.3 Å². The van der Waals surface area contributed by atoms with Crippen LogP contribution in [-0.2, 0) is 25.6 Å². The average molecular weight is 492 g/mol. The third-order valence-electron chi connectivity index (χ3n) is 5.55. The summed E-state index contributed by atoms with van der Waals surface area (Å²) in [5, 5.41) is 20.0. The molecule has 0 saturated heterocycles. The molecule has 0 unspecified atom stereocenters. The number of likely N-dealkylation sites (N-methyl/N-ethyl adjacent to an activating group) is 1. The van der Waals surface area contributed by atoms with Gasteiger partial charge in [0.25, 0.3) is 0 Å². The van der Waals surface area contributed by atoms with Crippen LogP contribution in [0.5, 0.6) is 5.75 Å². The Bertz CT molecular complexity index is 843. The molecule has 0 bridgehead atoms. The number of hydrogen-bond acceptors (Lipinski definition) is 6. The Hall–Kier alpha value is -3.14. The second kappa shape index (κ2) is 15.0. The van der Waals surface area contributed by atoms with E-state index in [4.69, 9.17) is 5.73 Å². The third-order valence-corrected chi connectivity index (χ3v) is 5.55. The van der Waals surface area contributed by atoms with E-state index in [-0.39, 0.29) is 18.1 Å². The molecular weight excluding hydrogens is 450 g/mol. The monoisotopic (exact) mass is 491 g/mol. The van der Waals surface area contributed by atoms with Gasteiger partial charge in [-0.2, -0.15) is 0 Å². The fourth-order valence-electron chi connectivity index (χ4n) is 3.46. The van der Waals surface area contributed by atoms with Crippen LogP contribution >= 0.6 is 0 Å². The van der Waals surface area contributed by atoms with Crippen LogP contribution in [0.1, 0.15) is 58.9 Å². The summed E-state index contributed by atoms with van der Waals surface area (Å²) in [6.07, 6.45) is 2.83. The highest BCUT2D eigenvalue weighted by Crippen LogP contribution is 2.12. The highest BCUT2D eigenvalue weighted by Gasteiger charge is 2.28. The zero-order valence-electron chi connectivity index (χ0n) is 21.4. The fraction of sp³-hybridized carbons (Fsp3) is 0.600. The number of amides is 4. The number of nitrogens with one attached hydrogen (secondary N) is 4. The molecule has 4 atom stereocenters. The maximum atomic E-state index is 12.9. The zero-order chi connectivity index (χ0) is 26.5. The molecule has 1 aromatic carbocycles. The lowest BCUT2D eigenvalue weighted by Crippen LogP contribution is -2.57. The molecular formula is C25H41N5O5. The molecule has 10 nitrogen and oxygen atoms in total. The first-order valence-electron chi connectivity index (χ1n) is 12.1. The summed E-state index contributed by atoms with van der Waals surface area (Å²) in [6, 6.07) is 2.95. The highest BCUT2D eigenvalue weighted by atomic mass is 16.3. The molecule has 0 spiro atoms. The van der Waals surface area contributed by atoms with Gasteiger partial charge in [0.15, 0.2) is 0 Å². The van der Waals surface area contributed by atoms with Gasteiger partial charge >= 0.3 is 0 Å². The Morgan fingerprint density at radius 1 is 0.886 bits per heavy atom. The van der Waals surface area contributed by atoms with Crippen molar-refractivity contribution in [3.63, 3.8) is 0 Å². The molecule has 10 heteroatoms. The largest absolute Gasteiger partial charge is 0.508 e. The summed E-state index contributed by atoms with van der Waals surface area (Å²) in [4.78, 5) is 50.5. The van der Waals surface area contributed by atoms with Gasteiger partial charge in [-0.1, -0.05) is 45.7 Å². The van der Waals surface area contributed by atoms with Gasteiger partial charge in [0.1, 0.15) is 23.9 Å². The van der Waals surface area contributed by atoms with E-state index in [2.05, 4.69) is 21.3 Å². The Morgan fingerprint density at radius 2 is 1.49 bits per heavy atom. The van der Waals surface area contributed by atoms with E-state index >= 15 is 0 Å². The summed E-state index contributed by atoms with van der Waals surface area (Å²) in [6.45, 7) is 7.37. The van der Waals surface area contributed by atoms with Crippen LogP contribution < -0.4 is 27.0 Å². The molecule has 0 aliphatic heterocycles. The molecule has 1 aromatic rings. The molecule has 196 valence electrons. The van der Waals surface area contributed by atoms with Gasteiger partial charge in [0.2, 0.25) is 23.6 Å². The predicted molar refractivity (Wildman–Crippen MR) is 134 cm³/mol. The van der Waals surface area contributed by atoms with Crippen molar-refractivity contribution in [2.24, 2.45) is 11.7 Å². The van der Waals surface area contributed by atoms with E-state index < -0.39 is 47.8 Å². The first-order valence-corrected chi connectivity index (χ1v) is 12.1. The number of aromatic hydroxyl groups is 1. The van der Waals surface area contributed by atoms with Crippen molar-refractivity contribution in [3.05, 3.63) is 29.8 Å². The first kappa shape index (κ1) is 29.9. The number of hydrogen-bond donors (Lipinski definition) is 6. The molecule has 1 rings (SSSR count). The Balaban J connectivity index is 2.82. The number of unbranched alkanes of at least 4 members (excludes halogenated alkanes) is 1. The van der Waals surface area contributed by atoms with Gasteiger partial charge in [-0.05, 0) is 43.4 Å². The predicted octanol–water partition coefficient (Wildman–Crippen LogP) is 0.719. The summed E-state index contributed by atoms with van der Waals surface area (Å²) in [5.74, 6) is -1.61. The van der Waals surface area contributed by atoms with Crippen molar-refractivity contribution in [2.45, 2.75) is 84.0 Å². The van der Waals surface area contributed by atoms with Crippen molar-refractivity contribution in [1.29, 1.82) is 0 Å². The Morgan fingerprint density at radius 3 is 2.03 bits per heavy atom. The van der Waals surface area contributed by atoms with Gasteiger partial charge in [-0.25, -0.2) is 0 Å². The molecule has 0 aliphatic carbocycles. The van der Waals surface area contributed by atoms with Gasteiger partial charge < -0.3 is 32.1 Å². The van der Waals surface area contributed by atoms with Crippen LogP contribution in [0.4, 0.5) is 0 Å². The number of carbonyl (C=O) groups excluding carboxylic acids is 4. The topological polar surface area (TPSA) is 163 Å². The highest BCUT2D eigenvalue weighted by molar-refractivity contribution is 5.94. The number of rotatable bonds is 14. The van der Waals surface area contributed by atoms with Crippen LogP contribution in [0, 0.1) is 5.92 Å². The molecule has 4 amide bonds. The van der Waals surface area contributed by atoms with Crippen molar-refractivity contribution in [1.82, 2.24) is 21.3 Å². The molecule has 35 heavy (non-hydrogen) atoms. The second-order valence-corrected chi connectivity index (χ2v) is 9.22. The van der Waals surface area contributed by atoms with E-state index in [1.54, 1.807) is 12.1 Å². The lowest BCUT2D eigenvalue weighted by molar-refractivity contribution is -0.133. The van der Waals surface area contributed by atoms with Gasteiger partial charge in [0.05, 0.1) is 6.04 Å². The number of benzene rings is 1. The van der Waals surface area contributed by atoms with Crippen LogP contribution in [-0.4, -0.2) is 60.0 Å². The van der Waals surface area contributed by atoms with E-state index in [9.17, 15) is 24.3 Å². The number of nitrogens with two attached hydrogens (primary N) is 1. The second-order valence-electron chi connectivity index (χ2n) is 9.22. The van der Waals surface area contributed by atoms with E-state index in [0.29, 0.717) is 12.8 Å². The molecule has 0 fully saturated rings. The molecule has 0 heterocycles. The quantitative estimate of drug-likeness (QED) is 0.225. The minimum atomic E-state index is -0.949. The van der Waals surface area contributed by atoms with Crippen molar-refractivity contribution >= 4 is 23.6 Å². The normalized spacial score (nSPS) is 14.4. The van der Waals surface area contributed by atoms with Gasteiger partial charge in [-0.15, -0.1) is 0 Å². The SMILES string of the molecule is CCCC[C@H](N)C(=O)N[C@@H](CC(C)C)C(=O)N[C@@H](C)C(=O)N[C@@H](Cc1ccc(O)cc1)C(=O)NC. The summed E-state index contributed by atoms with van der Waals surface area (Å²) in [5.41, 5.74) is 6.68. The van der Waals surface area contributed by atoms with Gasteiger partial charge in [-0.3, -0.25) is 19.2 Å². The molecule has 0 aliphatic rings. The summed E-state index contributed by atoms with van der Waals surface area (Å²) in [7, 11) is 1.47. The van der Waals surface area contributed by atoms with Crippen LogP contribution in [0.15, 0.2) is 24.3 Å². The minimum Gasteiger partial charge on any atom is -0.508 e. The first-order chi connectivity index (χ1) is 16.5.